The van der Waals surface area contributed by atoms with Crippen LogP contribution in [0.25, 0.3) is 0 Å². The van der Waals surface area contributed by atoms with Crippen LogP contribution in [-0.2, 0) is 19.9 Å². The molecule has 0 fully saturated rings. The maximum Gasteiger partial charge on any atom is 0.357 e. The normalized spacial score (nSPS) is 13.3. The molecule has 1 aromatic rings. The Hall–Kier alpha value is -1.46. The molecule has 1 rings (SSSR count). The number of sulfonamides is 1. The highest BCUT2D eigenvalue weighted by atomic mass is 32.2. The quantitative estimate of drug-likeness (QED) is 0.634. The van der Waals surface area contributed by atoms with Crippen molar-refractivity contribution in [3.05, 3.63) is 11.4 Å². The van der Waals surface area contributed by atoms with Crippen LogP contribution in [0.2, 0.25) is 0 Å². The molecule has 11 heteroatoms. The number of sulfone groups is 1. The molecule has 1 aromatic heterocycles. The van der Waals surface area contributed by atoms with Crippen molar-refractivity contribution in [2.75, 3.05) is 12.8 Å². The van der Waals surface area contributed by atoms with Gasteiger partial charge in [0.05, 0.1) is 10.4 Å². The number of H-pyrrole nitrogens is 1. The molecular formula is C10H17N3O6S2. The smallest absolute Gasteiger partial charge is 0.357 e. The van der Waals surface area contributed by atoms with E-state index in [2.05, 4.69) is 14.9 Å². The lowest BCUT2D eigenvalue weighted by atomic mass is 10.2. The topological polar surface area (TPSA) is 146 Å². The van der Waals surface area contributed by atoms with Gasteiger partial charge in [-0.25, -0.2) is 26.4 Å². The molecule has 0 aliphatic heterocycles. The van der Waals surface area contributed by atoms with Crippen LogP contribution >= 0.6 is 0 Å². The maximum atomic E-state index is 12.2. The van der Waals surface area contributed by atoms with Crippen molar-refractivity contribution < 1.29 is 26.7 Å². The molecule has 0 radical (unpaired) electrons. The molecule has 0 aromatic carbocycles. The van der Waals surface area contributed by atoms with Gasteiger partial charge in [-0.2, -0.15) is 5.10 Å². The minimum Gasteiger partial charge on any atom is -0.476 e. The van der Waals surface area contributed by atoms with Gasteiger partial charge in [-0.3, -0.25) is 5.10 Å². The van der Waals surface area contributed by atoms with Crippen LogP contribution in [0.5, 0.6) is 0 Å². The highest BCUT2D eigenvalue weighted by Gasteiger charge is 2.34. The summed E-state index contributed by atoms with van der Waals surface area (Å²) in [7, 11) is -7.70. The third kappa shape index (κ3) is 3.60. The number of rotatable bonds is 6. The third-order valence-electron chi connectivity index (χ3n) is 3.05. The lowest BCUT2D eigenvalue weighted by molar-refractivity contribution is 0.0686. The number of nitrogens with zero attached hydrogens (tertiary/aromatic N) is 1. The molecule has 0 saturated carbocycles. The number of aryl methyl sites for hydroxylation is 1. The van der Waals surface area contributed by atoms with E-state index in [1.54, 1.807) is 0 Å². The fourth-order valence-corrected chi connectivity index (χ4v) is 3.32. The highest BCUT2D eigenvalue weighted by molar-refractivity contribution is 7.92. The van der Waals surface area contributed by atoms with E-state index in [1.807, 2.05) is 0 Å². The lowest BCUT2D eigenvalue weighted by Crippen LogP contribution is -2.44. The number of carboxylic acids is 1. The van der Waals surface area contributed by atoms with Crippen molar-refractivity contribution in [1.82, 2.24) is 14.9 Å². The fraction of sp³-hybridized carbons (Fsp3) is 0.600. The second-order valence-electron chi connectivity index (χ2n) is 5.19. The fourth-order valence-electron chi connectivity index (χ4n) is 1.36. The zero-order valence-corrected chi connectivity index (χ0v) is 13.6. The van der Waals surface area contributed by atoms with Gasteiger partial charge < -0.3 is 5.11 Å². The SMILES string of the molecule is Cc1[nH]nc(C(=O)O)c1S(=O)(=O)NCC(C)(C)S(C)(=O)=O. The van der Waals surface area contributed by atoms with E-state index in [0.717, 1.165) is 6.26 Å². The molecule has 0 aliphatic carbocycles. The van der Waals surface area contributed by atoms with Crippen LogP contribution in [0.4, 0.5) is 0 Å². The number of carboxylic acid groups (broad SMARTS) is 1. The summed E-state index contributed by atoms with van der Waals surface area (Å²) in [5.74, 6) is -1.50. The van der Waals surface area contributed by atoms with Crippen LogP contribution in [-0.4, -0.2) is 55.7 Å². The summed E-state index contributed by atoms with van der Waals surface area (Å²) >= 11 is 0. The highest BCUT2D eigenvalue weighted by Crippen LogP contribution is 2.19. The Morgan fingerprint density at radius 1 is 1.33 bits per heavy atom. The number of nitrogens with one attached hydrogen (secondary N) is 2. The summed E-state index contributed by atoms with van der Waals surface area (Å²) in [5.41, 5.74) is -0.589. The molecule has 0 bridgehead atoms. The summed E-state index contributed by atoms with van der Waals surface area (Å²) in [6.45, 7) is 3.70. The first-order valence-corrected chi connectivity index (χ1v) is 9.14. The Labute approximate surface area is 122 Å². The maximum absolute atomic E-state index is 12.2. The van der Waals surface area contributed by atoms with Gasteiger partial charge in [0, 0.05) is 12.8 Å². The Balaban J connectivity index is 3.16. The van der Waals surface area contributed by atoms with E-state index in [0.29, 0.717) is 0 Å². The number of aromatic nitrogens is 2. The van der Waals surface area contributed by atoms with Crippen molar-refractivity contribution in [2.45, 2.75) is 30.4 Å². The minimum atomic E-state index is -4.21. The van der Waals surface area contributed by atoms with E-state index in [-0.39, 0.29) is 5.69 Å². The number of aromatic amines is 1. The summed E-state index contributed by atoms with van der Waals surface area (Å²) in [4.78, 5) is 10.5. The molecule has 21 heavy (non-hydrogen) atoms. The van der Waals surface area contributed by atoms with Crippen LogP contribution in [0.1, 0.15) is 30.0 Å². The van der Waals surface area contributed by atoms with Gasteiger partial charge in [0.1, 0.15) is 4.90 Å². The monoisotopic (exact) mass is 339 g/mol. The van der Waals surface area contributed by atoms with Crippen molar-refractivity contribution in [3.63, 3.8) is 0 Å². The van der Waals surface area contributed by atoms with Crippen molar-refractivity contribution >= 4 is 25.8 Å². The predicted octanol–water partition coefficient (Wildman–Crippen LogP) is -0.482. The van der Waals surface area contributed by atoms with Gasteiger partial charge >= 0.3 is 5.97 Å². The van der Waals surface area contributed by atoms with E-state index in [1.165, 1.54) is 20.8 Å². The summed E-state index contributed by atoms with van der Waals surface area (Å²) in [5, 5.41) is 14.6. The van der Waals surface area contributed by atoms with E-state index < -0.39 is 47.7 Å². The van der Waals surface area contributed by atoms with Gasteiger partial charge in [0.2, 0.25) is 10.0 Å². The molecular weight excluding hydrogens is 322 g/mol. The first-order valence-electron chi connectivity index (χ1n) is 5.77. The van der Waals surface area contributed by atoms with Gasteiger partial charge in [-0.15, -0.1) is 0 Å². The summed E-state index contributed by atoms with van der Waals surface area (Å²) < 4.78 is 48.3. The van der Waals surface area contributed by atoms with Crippen molar-refractivity contribution in [2.24, 2.45) is 0 Å². The first kappa shape index (κ1) is 17.6. The largest absolute Gasteiger partial charge is 0.476 e. The Morgan fingerprint density at radius 2 is 1.86 bits per heavy atom. The van der Waals surface area contributed by atoms with Gasteiger partial charge in [0.25, 0.3) is 0 Å². The van der Waals surface area contributed by atoms with Gasteiger partial charge in [-0.1, -0.05) is 0 Å². The van der Waals surface area contributed by atoms with Crippen molar-refractivity contribution in [1.29, 1.82) is 0 Å². The molecule has 120 valence electrons. The molecule has 1 heterocycles. The van der Waals surface area contributed by atoms with Crippen LogP contribution in [0, 0.1) is 6.92 Å². The summed E-state index contributed by atoms with van der Waals surface area (Å²) in [6, 6.07) is 0. The standard InChI is InChI=1S/C10H17N3O6S2/c1-6-8(7(9(14)15)13-12-6)21(18,19)11-5-10(2,3)20(4,16)17/h11H,5H2,1-4H3,(H,12,13)(H,14,15). The zero-order valence-electron chi connectivity index (χ0n) is 12.0. The minimum absolute atomic E-state index is 0.0528. The number of hydrogen-bond acceptors (Lipinski definition) is 6. The average Bonchev–Trinajstić information content (AvgIpc) is 2.68. The molecule has 0 unspecified atom stereocenters. The van der Waals surface area contributed by atoms with Crippen LogP contribution in [0.15, 0.2) is 4.90 Å². The molecule has 0 aliphatic rings. The summed E-state index contributed by atoms with van der Waals surface area (Å²) in [6.07, 6.45) is 0.993. The predicted molar refractivity (Wildman–Crippen MR) is 74.4 cm³/mol. The number of hydrogen-bond donors (Lipinski definition) is 3. The first-order chi connectivity index (χ1) is 9.29. The Morgan fingerprint density at radius 3 is 2.29 bits per heavy atom. The molecule has 0 spiro atoms. The van der Waals surface area contributed by atoms with Crippen LogP contribution in [0.3, 0.4) is 0 Å². The van der Waals surface area contributed by atoms with E-state index in [4.69, 9.17) is 5.11 Å². The number of carbonyl (C=O) groups is 1. The zero-order chi connectivity index (χ0) is 16.6. The lowest BCUT2D eigenvalue weighted by Gasteiger charge is -2.22. The molecule has 0 amide bonds. The van der Waals surface area contributed by atoms with Crippen molar-refractivity contribution in [3.8, 4) is 0 Å². The van der Waals surface area contributed by atoms with Crippen LogP contribution < -0.4 is 4.72 Å². The van der Waals surface area contributed by atoms with Gasteiger partial charge in [0.15, 0.2) is 15.5 Å². The average molecular weight is 339 g/mol. The van der Waals surface area contributed by atoms with E-state index in [9.17, 15) is 21.6 Å². The second kappa shape index (κ2) is 5.39. The Bertz CT molecular complexity index is 761. The third-order valence-corrected chi connectivity index (χ3v) is 6.77. The second-order valence-corrected chi connectivity index (χ2v) is 9.54. The Kier molecular flexibility index (Phi) is 4.51. The molecule has 0 atom stereocenters. The number of aromatic carboxylic acids is 1. The molecule has 9 nitrogen and oxygen atoms in total. The van der Waals surface area contributed by atoms with E-state index >= 15 is 0 Å². The van der Waals surface area contributed by atoms with Gasteiger partial charge in [-0.05, 0) is 20.8 Å². The molecule has 0 saturated heterocycles. The molecule has 3 N–H and O–H groups in total.